The van der Waals surface area contributed by atoms with Gasteiger partial charge in [0.2, 0.25) is 10.0 Å². The molecule has 6 nitrogen and oxygen atoms in total. The number of benzene rings is 1. The van der Waals surface area contributed by atoms with Crippen molar-refractivity contribution in [1.29, 1.82) is 0 Å². The second-order valence-electron chi connectivity index (χ2n) is 5.20. The van der Waals surface area contributed by atoms with E-state index in [9.17, 15) is 8.42 Å². The lowest BCUT2D eigenvalue weighted by molar-refractivity contribution is 0.0968. The van der Waals surface area contributed by atoms with Gasteiger partial charge in [-0.25, -0.2) is 13.1 Å². The maximum atomic E-state index is 12.1. The van der Waals surface area contributed by atoms with Crippen LogP contribution in [0.5, 0.6) is 5.75 Å². The Kier molecular flexibility index (Phi) is 5.58. The van der Waals surface area contributed by atoms with E-state index in [0.29, 0.717) is 12.3 Å². The van der Waals surface area contributed by atoms with Crippen LogP contribution in [0.25, 0.3) is 0 Å². The number of rotatable bonds is 7. The van der Waals surface area contributed by atoms with Gasteiger partial charge in [-0.2, -0.15) is 0 Å². The lowest BCUT2D eigenvalue weighted by atomic mass is 10.2. The Hall–Kier alpha value is -1.15. The smallest absolute Gasteiger partial charge is 0.215 e. The lowest BCUT2D eigenvalue weighted by Gasteiger charge is -2.18. The Morgan fingerprint density at radius 3 is 2.67 bits per heavy atom. The summed E-state index contributed by atoms with van der Waals surface area (Å²) in [5.41, 5.74) is 0. The molecule has 118 valence electrons. The zero-order valence-corrected chi connectivity index (χ0v) is 13.2. The number of methoxy groups -OCH3 is 1. The molecule has 1 N–H and O–H groups in total. The highest BCUT2D eigenvalue weighted by atomic mass is 32.2. The summed E-state index contributed by atoms with van der Waals surface area (Å²) in [7, 11) is 0.161. The minimum atomic E-state index is -3.38. The van der Waals surface area contributed by atoms with Gasteiger partial charge in [0.15, 0.2) is 0 Å². The number of sulfonamides is 1. The number of likely N-dealkylation sites (N-methyl/N-ethyl adjacent to an activating group) is 1. The molecule has 7 heteroatoms. The molecule has 0 saturated carbocycles. The molecule has 0 spiro atoms. The molecule has 0 unspecified atom stereocenters. The van der Waals surface area contributed by atoms with Gasteiger partial charge in [0, 0.05) is 20.2 Å². The van der Waals surface area contributed by atoms with Crippen molar-refractivity contribution in [2.45, 2.75) is 12.1 Å². The van der Waals surface area contributed by atoms with E-state index in [0.717, 1.165) is 6.54 Å². The van der Waals surface area contributed by atoms with Crippen molar-refractivity contribution in [1.82, 2.24) is 9.62 Å². The zero-order valence-electron chi connectivity index (χ0n) is 12.4. The highest BCUT2D eigenvalue weighted by molar-refractivity contribution is 7.89. The number of hydrogen-bond acceptors (Lipinski definition) is 5. The fraction of sp³-hybridized carbons (Fsp3) is 0.571. The Bertz CT molecular complexity index is 535. The van der Waals surface area contributed by atoms with Crippen molar-refractivity contribution in [2.75, 3.05) is 39.6 Å². The van der Waals surface area contributed by atoms with Gasteiger partial charge in [0.05, 0.1) is 17.9 Å². The molecule has 0 aliphatic carbocycles. The van der Waals surface area contributed by atoms with Gasteiger partial charge in [0.25, 0.3) is 0 Å². The number of para-hydroxylation sites is 1. The first-order valence-electron chi connectivity index (χ1n) is 6.89. The van der Waals surface area contributed by atoms with Crippen LogP contribution >= 0.6 is 0 Å². The van der Waals surface area contributed by atoms with Crippen LogP contribution in [0.3, 0.4) is 0 Å². The molecule has 0 amide bonds. The molecular weight excluding hydrogens is 292 g/mol. The molecular formula is C14H22N2O4S. The van der Waals surface area contributed by atoms with Crippen LogP contribution in [0.2, 0.25) is 0 Å². The maximum Gasteiger partial charge on any atom is 0.215 e. The van der Waals surface area contributed by atoms with E-state index in [-0.39, 0.29) is 24.5 Å². The predicted octanol–water partition coefficient (Wildman–Crippen LogP) is 0.314. The molecule has 0 bridgehead atoms. The second-order valence-corrected chi connectivity index (χ2v) is 7.07. The second kappa shape index (κ2) is 7.22. The fourth-order valence-electron chi connectivity index (χ4n) is 2.39. The van der Waals surface area contributed by atoms with E-state index < -0.39 is 10.0 Å². The van der Waals surface area contributed by atoms with E-state index in [2.05, 4.69) is 4.72 Å². The summed E-state index contributed by atoms with van der Waals surface area (Å²) in [5.74, 6) is 0.599. The molecule has 2 rings (SSSR count). The minimum Gasteiger partial charge on any atom is -0.492 e. The van der Waals surface area contributed by atoms with Crippen molar-refractivity contribution in [3.8, 4) is 5.75 Å². The standard InChI is InChI=1S/C14H22N2O4S/c1-16-10-13(14(11-16)19-2)15-21(17,18)9-8-20-12-6-4-3-5-7-12/h3-7,13-15H,8-11H2,1-2H3/t13-,14-/m0/s1. The van der Waals surface area contributed by atoms with Crippen molar-refractivity contribution in [2.24, 2.45) is 0 Å². The van der Waals surface area contributed by atoms with Crippen LogP contribution in [-0.4, -0.2) is 65.1 Å². The molecule has 1 aliphatic heterocycles. The summed E-state index contributed by atoms with van der Waals surface area (Å²) in [6, 6.07) is 8.97. The molecule has 1 fully saturated rings. The average Bonchev–Trinajstić information content (AvgIpc) is 2.79. The molecule has 1 aromatic rings. The van der Waals surface area contributed by atoms with E-state index >= 15 is 0 Å². The third kappa shape index (κ3) is 4.96. The van der Waals surface area contributed by atoms with Crippen LogP contribution in [-0.2, 0) is 14.8 Å². The number of likely N-dealkylation sites (tertiary alicyclic amines) is 1. The molecule has 0 radical (unpaired) electrons. The van der Waals surface area contributed by atoms with Gasteiger partial charge in [0.1, 0.15) is 12.4 Å². The number of nitrogens with one attached hydrogen (secondary N) is 1. The summed E-state index contributed by atoms with van der Waals surface area (Å²) in [4.78, 5) is 2.04. The molecule has 1 saturated heterocycles. The summed E-state index contributed by atoms with van der Waals surface area (Å²) in [6.45, 7) is 1.50. The van der Waals surface area contributed by atoms with E-state index in [4.69, 9.17) is 9.47 Å². The number of ether oxygens (including phenoxy) is 2. The van der Waals surface area contributed by atoms with Crippen LogP contribution < -0.4 is 9.46 Å². The van der Waals surface area contributed by atoms with Crippen LogP contribution in [0.1, 0.15) is 0 Å². The first kappa shape index (κ1) is 16.2. The topological polar surface area (TPSA) is 67.9 Å². The van der Waals surface area contributed by atoms with Gasteiger partial charge in [-0.05, 0) is 19.2 Å². The van der Waals surface area contributed by atoms with Crippen LogP contribution in [0.15, 0.2) is 30.3 Å². The summed E-state index contributed by atoms with van der Waals surface area (Å²) >= 11 is 0. The van der Waals surface area contributed by atoms with Crippen molar-refractivity contribution in [3.05, 3.63) is 30.3 Å². The van der Waals surface area contributed by atoms with Crippen molar-refractivity contribution in [3.63, 3.8) is 0 Å². The van der Waals surface area contributed by atoms with Gasteiger partial charge >= 0.3 is 0 Å². The molecule has 1 heterocycles. The van der Waals surface area contributed by atoms with Gasteiger partial charge in [-0.1, -0.05) is 18.2 Å². The van der Waals surface area contributed by atoms with E-state index in [1.807, 2.05) is 30.1 Å². The Morgan fingerprint density at radius 1 is 1.29 bits per heavy atom. The monoisotopic (exact) mass is 314 g/mol. The largest absolute Gasteiger partial charge is 0.492 e. The minimum absolute atomic E-state index is 0.0709. The SMILES string of the molecule is CO[C@H]1CN(C)C[C@@H]1NS(=O)(=O)CCOc1ccccc1. The first-order valence-corrected chi connectivity index (χ1v) is 8.54. The molecule has 0 aromatic heterocycles. The molecule has 1 aliphatic rings. The first-order chi connectivity index (χ1) is 10.00. The van der Waals surface area contributed by atoms with E-state index in [1.54, 1.807) is 19.2 Å². The van der Waals surface area contributed by atoms with Crippen LogP contribution in [0.4, 0.5) is 0 Å². The van der Waals surface area contributed by atoms with Crippen LogP contribution in [0, 0.1) is 0 Å². The fourth-order valence-corrected chi connectivity index (χ4v) is 3.50. The summed E-state index contributed by atoms with van der Waals surface area (Å²) in [6.07, 6.45) is -0.111. The van der Waals surface area contributed by atoms with Crippen molar-refractivity contribution < 1.29 is 17.9 Å². The maximum absolute atomic E-state index is 12.1. The van der Waals surface area contributed by atoms with Gasteiger partial charge < -0.3 is 14.4 Å². The Labute approximate surface area is 126 Å². The zero-order chi connectivity index (χ0) is 15.3. The Balaban J connectivity index is 1.82. The molecule has 2 atom stereocenters. The van der Waals surface area contributed by atoms with Crippen molar-refractivity contribution >= 4 is 10.0 Å². The number of hydrogen-bond donors (Lipinski definition) is 1. The van der Waals surface area contributed by atoms with E-state index in [1.165, 1.54) is 0 Å². The predicted molar refractivity (Wildman–Crippen MR) is 80.9 cm³/mol. The summed E-state index contributed by atoms with van der Waals surface area (Å²) < 4.78 is 37.6. The normalized spacial score (nSPS) is 23.3. The molecule has 21 heavy (non-hydrogen) atoms. The average molecular weight is 314 g/mol. The quantitative estimate of drug-likeness (QED) is 0.785. The van der Waals surface area contributed by atoms with Gasteiger partial charge in [-0.3, -0.25) is 0 Å². The third-order valence-corrected chi connectivity index (χ3v) is 4.81. The van der Waals surface area contributed by atoms with Gasteiger partial charge in [-0.15, -0.1) is 0 Å². The highest BCUT2D eigenvalue weighted by Gasteiger charge is 2.33. The third-order valence-electron chi connectivity index (χ3n) is 3.45. The lowest BCUT2D eigenvalue weighted by Crippen LogP contribution is -2.45. The Morgan fingerprint density at radius 2 is 2.00 bits per heavy atom. The number of nitrogens with zero attached hydrogens (tertiary/aromatic N) is 1. The summed E-state index contributed by atoms with van der Waals surface area (Å²) in [5, 5.41) is 0. The molecule has 1 aromatic carbocycles. The highest BCUT2D eigenvalue weighted by Crippen LogP contribution is 2.12.